The van der Waals surface area contributed by atoms with Crippen LogP contribution in [0, 0.1) is 6.92 Å². The lowest BCUT2D eigenvalue weighted by Gasteiger charge is -2.18. The zero-order valence-electron chi connectivity index (χ0n) is 10.9. The second-order valence-electron chi connectivity index (χ2n) is 3.95. The van der Waals surface area contributed by atoms with Crippen LogP contribution in [0.4, 0.5) is 15.8 Å². The van der Waals surface area contributed by atoms with Gasteiger partial charge in [-0.25, -0.2) is 13.5 Å². The highest BCUT2D eigenvalue weighted by Crippen LogP contribution is 2.36. The van der Waals surface area contributed by atoms with E-state index in [9.17, 15) is 13.6 Å². The van der Waals surface area contributed by atoms with Crippen LogP contribution in [0.25, 0.3) is 0 Å². The third kappa shape index (κ3) is 3.21. The molecule has 8 heteroatoms. The SMILES string of the molecule is CC(=O)Nc1nc(C)c(N(c2ccccc2)S(=O)O)s1. The first-order chi connectivity index (χ1) is 9.49. The molecule has 1 aromatic carbocycles. The summed E-state index contributed by atoms with van der Waals surface area (Å²) >= 11 is -1.07. The van der Waals surface area contributed by atoms with Crippen LogP contribution in [0.1, 0.15) is 12.6 Å². The molecule has 20 heavy (non-hydrogen) atoms. The average molecular weight is 311 g/mol. The highest BCUT2D eigenvalue weighted by atomic mass is 32.2. The number of nitrogens with one attached hydrogen (secondary N) is 1. The number of nitrogens with zero attached hydrogens (tertiary/aromatic N) is 2. The Morgan fingerprint density at radius 3 is 2.60 bits per heavy atom. The number of amides is 1. The zero-order chi connectivity index (χ0) is 14.7. The Bertz CT molecular complexity index is 643. The summed E-state index contributed by atoms with van der Waals surface area (Å²) in [6.45, 7) is 3.11. The Balaban J connectivity index is 2.43. The lowest BCUT2D eigenvalue weighted by molar-refractivity contribution is -0.114. The molecule has 0 saturated heterocycles. The molecule has 1 amide bonds. The number of carbonyl (C=O) groups is 1. The molecule has 6 nitrogen and oxygen atoms in total. The molecule has 1 atom stereocenters. The fourth-order valence-corrected chi connectivity index (χ4v) is 3.44. The number of benzene rings is 1. The lowest BCUT2D eigenvalue weighted by atomic mass is 10.3. The third-order valence-electron chi connectivity index (χ3n) is 2.39. The van der Waals surface area contributed by atoms with Crippen molar-refractivity contribution < 1.29 is 13.6 Å². The maximum atomic E-state index is 11.6. The summed E-state index contributed by atoms with van der Waals surface area (Å²) in [6, 6.07) is 8.83. The van der Waals surface area contributed by atoms with Gasteiger partial charge in [0.05, 0.1) is 11.4 Å². The minimum Gasteiger partial charge on any atom is -0.302 e. The van der Waals surface area contributed by atoms with E-state index in [2.05, 4.69) is 10.3 Å². The normalized spacial score (nSPS) is 11.9. The number of hydrogen-bond acceptors (Lipinski definition) is 4. The van der Waals surface area contributed by atoms with Crippen molar-refractivity contribution in [2.24, 2.45) is 0 Å². The molecular formula is C12H13N3O3S2. The van der Waals surface area contributed by atoms with Crippen LogP contribution in [0.2, 0.25) is 0 Å². The molecule has 0 spiro atoms. The Hall–Kier alpha value is -1.77. The minimum absolute atomic E-state index is 0.235. The van der Waals surface area contributed by atoms with E-state index in [1.165, 1.54) is 11.2 Å². The fourth-order valence-electron chi connectivity index (χ4n) is 1.62. The maximum absolute atomic E-state index is 11.6. The van der Waals surface area contributed by atoms with Crippen molar-refractivity contribution >= 4 is 44.3 Å². The number of rotatable bonds is 4. The topological polar surface area (TPSA) is 82.5 Å². The number of aromatic nitrogens is 1. The Kier molecular flexibility index (Phi) is 4.48. The molecule has 1 unspecified atom stereocenters. The lowest BCUT2D eigenvalue weighted by Crippen LogP contribution is -2.18. The van der Waals surface area contributed by atoms with E-state index in [0.29, 0.717) is 21.5 Å². The fraction of sp³-hybridized carbons (Fsp3) is 0.167. The number of para-hydroxylation sites is 1. The van der Waals surface area contributed by atoms with Gasteiger partial charge in [0, 0.05) is 6.92 Å². The molecule has 2 rings (SSSR count). The monoisotopic (exact) mass is 311 g/mol. The summed E-state index contributed by atoms with van der Waals surface area (Å²) < 4.78 is 22.4. The van der Waals surface area contributed by atoms with E-state index in [4.69, 9.17) is 0 Å². The first-order valence-corrected chi connectivity index (χ1v) is 7.58. The van der Waals surface area contributed by atoms with Crippen LogP contribution in [-0.4, -0.2) is 19.7 Å². The molecule has 0 aliphatic carbocycles. The van der Waals surface area contributed by atoms with Crippen LogP contribution in [-0.2, 0) is 16.1 Å². The standard InChI is InChI=1S/C12H13N3O3S2/c1-8-11(19-12(13-8)14-9(2)16)15(20(17)18)10-6-4-3-5-7-10/h3-7H,1-2H3,(H,17,18)(H,13,14,16). The second kappa shape index (κ2) is 6.12. The highest BCUT2D eigenvalue weighted by molar-refractivity contribution is 7.81. The van der Waals surface area contributed by atoms with Crippen LogP contribution < -0.4 is 9.62 Å². The maximum Gasteiger partial charge on any atom is 0.267 e. The van der Waals surface area contributed by atoms with Gasteiger partial charge in [0.1, 0.15) is 5.00 Å². The molecule has 0 aliphatic heterocycles. The molecule has 0 radical (unpaired) electrons. The van der Waals surface area contributed by atoms with Crippen molar-refractivity contribution in [2.75, 3.05) is 9.62 Å². The second-order valence-corrected chi connectivity index (χ2v) is 5.76. The quantitative estimate of drug-likeness (QED) is 0.850. The van der Waals surface area contributed by atoms with Crippen LogP contribution in [0.15, 0.2) is 30.3 Å². The Morgan fingerprint density at radius 2 is 2.05 bits per heavy atom. The van der Waals surface area contributed by atoms with Gasteiger partial charge in [-0.2, -0.15) is 0 Å². The van der Waals surface area contributed by atoms with E-state index in [1.807, 2.05) is 6.07 Å². The minimum atomic E-state index is -2.22. The molecule has 1 aromatic heterocycles. The van der Waals surface area contributed by atoms with Crippen LogP contribution in [0.5, 0.6) is 0 Å². The van der Waals surface area contributed by atoms with Gasteiger partial charge in [-0.1, -0.05) is 29.5 Å². The van der Waals surface area contributed by atoms with Crippen molar-refractivity contribution in [3.63, 3.8) is 0 Å². The summed E-state index contributed by atoms with van der Waals surface area (Å²) in [5, 5.41) is 3.49. The summed E-state index contributed by atoms with van der Waals surface area (Å²) in [4.78, 5) is 15.2. The van der Waals surface area contributed by atoms with Gasteiger partial charge in [0.2, 0.25) is 5.91 Å². The molecule has 1 heterocycles. The molecule has 2 N–H and O–H groups in total. The van der Waals surface area contributed by atoms with Crippen molar-refractivity contribution in [2.45, 2.75) is 13.8 Å². The summed E-state index contributed by atoms with van der Waals surface area (Å²) in [5.74, 6) is -0.235. The van der Waals surface area contributed by atoms with Gasteiger partial charge >= 0.3 is 0 Å². The van der Waals surface area contributed by atoms with E-state index in [0.717, 1.165) is 11.3 Å². The van der Waals surface area contributed by atoms with Crippen molar-refractivity contribution in [1.29, 1.82) is 0 Å². The Labute approximate surface area is 122 Å². The predicted molar refractivity (Wildman–Crippen MR) is 80.5 cm³/mol. The molecule has 0 saturated carbocycles. The molecular weight excluding hydrogens is 298 g/mol. The molecule has 106 valence electrons. The number of hydrogen-bond donors (Lipinski definition) is 2. The van der Waals surface area contributed by atoms with E-state index >= 15 is 0 Å². The highest BCUT2D eigenvalue weighted by Gasteiger charge is 2.21. The molecule has 0 bridgehead atoms. The number of anilines is 3. The third-order valence-corrected chi connectivity index (χ3v) is 4.27. The largest absolute Gasteiger partial charge is 0.302 e. The zero-order valence-corrected chi connectivity index (χ0v) is 12.5. The van der Waals surface area contributed by atoms with Gasteiger partial charge in [-0.05, 0) is 19.1 Å². The first kappa shape index (κ1) is 14.6. The van der Waals surface area contributed by atoms with E-state index in [1.54, 1.807) is 31.2 Å². The summed E-state index contributed by atoms with van der Waals surface area (Å²) in [7, 11) is 0. The van der Waals surface area contributed by atoms with E-state index in [-0.39, 0.29) is 5.91 Å². The summed E-state index contributed by atoms with van der Waals surface area (Å²) in [6.07, 6.45) is 0. The number of thiazole rings is 1. The summed E-state index contributed by atoms with van der Waals surface area (Å²) in [5.41, 5.74) is 1.15. The Morgan fingerprint density at radius 1 is 1.40 bits per heavy atom. The van der Waals surface area contributed by atoms with E-state index < -0.39 is 11.3 Å². The van der Waals surface area contributed by atoms with Gasteiger partial charge in [0.15, 0.2) is 5.13 Å². The first-order valence-electron chi connectivity index (χ1n) is 5.70. The van der Waals surface area contributed by atoms with Crippen LogP contribution >= 0.6 is 11.3 Å². The molecule has 2 aromatic rings. The van der Waals surface area contributed by atoms with Gasteiger partial charge in [-0.15, -0.1) is 0 Å². The van der Waals surface area contributed by atoms with Gasteiger partial charge in [0.25, 0.3) is 11.3 Å². The predicted octanol–water partition coefficient (Wildman–Crippen LogP) is 2.68. The number of aryl methyl sites for hydroxylation is 1. The average Bonchev–Trinajstić information content (AvgIpc) is 2.70. The van der Waals surface area contributed by atoms with Gasteiger partial charge < -0.3 is 5.32 Å². The number of carbonyl (C=O) groups excluding carboxylic acids is 1. The van der Waals surface area contributed by atoms with Crippen LogP contribution in [0.3, 0.4) is 0 Å². The van der Waals surface area contributed by atoms with Crippen molar-refractivity contribution in [3.05, 3.63) is 36.0 Å². The van der Waals surface area contributed by atoms with Crippen molar-refractivity contribution in [3.8, 4) is 0 Å². The van der Waals surface area contributed by atoms with Gasteiger partial charge in [-0.3, -0.25) is 9.35 Å². The molecule has 0 aliphatic rings. The molecule has 0 fully saturated rings. The van der Waals surface area contributed by atoms with Crippen molar-refractivity contribution in [1.82, 2.24) is 4.98 Å². The smallest absolute Gasteiger partial charge is 0.267 e.